The molecule has 0 bridgehead atoms. The second kappa shape index (κ2) is 8.04. The van der Waals surface area contributed by atoms with E-state index in [-0.39, 0.29) is 34.8 Å². The van der Waals surface area contributed by atoms with Gasteiger partial charge in [-0.3, -0.25) is 4.79 Å². The number of hydrogen-bond acceptors (Lipinski definition) is 6. The lowest BCUT2D eigenvalue weighted by molar-refractivity contribution is -0.131. The highest BCUT2D eigenvalue weighted by Gasteiger charge is 2.32. The van der Waals surface area contributed by atoms with E-state index in [9.17, 15) is 21.6 Å². The number of carbonyl (C=O) groups is 1. The molecule has 160 valence electrons. The third kappa shape index (κ3) is 4.78. The number of sulfonamides is 1. The quantitative estimate of drug-likeness (QED) is 0.670. The van der Waals surface area contributed by atoms with Crippen molar-refractivity contribution in [3.63, 3.8) is 0 Å². The first kappa shape index (κ1) is 21.7. The van der Waals surface area contributed by atoms with Crippen LogP contribution < -0.4 is 5.14 Å². The van der Waals surface area contributed by atoms with Crippen LogP contribution in [0.5, 0.6) is 0 Å². The monoisotopic (exact) mass is 442 g/mol. The molecule has 1 aliphatic rings. The molecule has 2 aromatic rings. The van der Waals surface area contributed by atoms with Crippen molar-refractivity contribution < 1.29 is 21.6 Å². The summed E-state index contributed by atoms with van der Waals surface area (Å²) >= 11 is 0. The predicted molar refractivity (Wildman–Crippen MR) is 110 cm³/mol. The van der Waals surface area contributed by atoms with Gasteiger partial charge >= 0.3 is 0 Å². The fourth-order valence-electron chi connectivity index (χ4n) is 3.68. The molecule has 11 heteroatoms. The number of aryl methyl sites for hydroxylation is 2. The molecule has 0 saturated carbocycles. The van der Waals surface area contributed by atoms with Crippen molar-refractivity contribution in [2.45, 2.75) is 50.1 Å². The average molecular weight is 443 g/mol. The molecule has 3 rings (SSSR count). The van der Waals surface area contributed by atoms with Crippen LogP contribution in [0, 0.1) is 0 Å². The van der Waals surface area contributed by atoms with E-state index in [1.165, 1.54) is 17.0 Å². The van der Waals surface area contributed by atoms with Gasteiger partial charge in [0, 0.05) is 32.5 Å². The van der Waals surface area contributed by atoms with Gasteiger partial charge in [-0.25, -0.2) is 27.0 Å². The highest BCUT2D eigenvalue weighted by Crippen LogP contribution is 2.22. The largest absolute Gasteiger partial charge is 0.342 e. The number of primary sulfonamides is 1. The summed E-state index contributed by atoms with van der Waals surface area (Å²) in [5.41, 5.74) is 1.31. The summed E-state index contributed by atoms with van der Waals surface area (Å²) in [7, 11) is -5.24. The first-order valence-corrected chi connectivity index (χ1v) is 12.9. The number of nitrogens with two attached hydrogens (primary N) is 1. The van der Waals surface area contributed by atoms with Crippen LogP contribution in [0.4, 0.5) is 0 Å². The molecule has 1 aromatic carbocycles. The van der Waals surface area contributed by atoms with E-state index in [1.54, 1.807) is 13.1 Å². The summed E-state index contributed by atoms with van der Waals surface area (Å²) in [5.74, 6) is 0.690. The maximum Gasteiger partial charge on any atom is 0.238 e. The van der Waals surface area contributed by atoms with Crippen LogP contribution in [0.2, 0.25) is 0 Å². The number of aromatic nitrogens is 2. The lowest BCUT2D eigenvalue weighted by atomic mass is 10.2. The minimum absolute atomic E-state index is 0.00375. The van der Waals surface area contributed by atoms with Crippen molar-refractivity contribution in [2.24, 2.45) is 5.14 Å². The van der Waals surface area contributed by atoms with Gasteiger partial charge < -0.3 is 9.47 Å². The summed E-state index contributed by atoms with van der Waals surface area (Å²) in [6.07, 6.45) is 1.89. The summed E-state index contributed by atoms with van der Waals surface area (Å²) in [5, 5.41) is 5.21. The predicted octanol–water partition coefficient (Wildman–Crippen LogP) is 0.672. The van der Waals surface area contributed by atoms with Crippen molar-refractivity contribution in [3.05, 3.63) is 24.0 Å². The average Bonchev–Trinajstić information content (AvgIpc) is 3.18. The molecule has 2 N–H and O–H groups in total. The van der Waals surface area contributed by atoms with Crippen molar-refractivity contribution in [3.8, 4) is 0 Å². The van der Waals surface area contributed by atoms with Crippen LogP contribution in [-0.2, 0) is 37.6 Å². The first-order valence-electron chi connectivity index (χ1n) is 9.50. The molecule has 1 saturated heterocycles. The zero-order valence-corrected chi connectivity index (χ0v) is 18.2. The van der Waals surface area contributed by atoms with Gasteiger partial charge in [0.1, 0.15) is 5.82 Å². The normalized spacial score (nSPS) is 18.9. The van der Waals surface area contributed by atoms with Crippen molar-refractivity contribution in [1.29, 1.82) is 0 Å². The highest BCUT2D eigenvalue weighted by molar-refractivity contribution is 7.91. The summed E-state index contributed by atoms with van der Waals surface area (Å²) < 4.78 is 48.5. The van der Waals surface area contributed by atoms with Gasteiger partial charge in [0.15, 0.2) is 9.84 Å². The van der Waals surface area contributed by atoms with Gasteiger partial charge in [-0.15, -0.1) is 0 Å². The number of benzene rings is 1. The second-order valence-electron chi connectivity index (χ2n) is 7.44. The van der Waals surface area contributed by atoms with Crippen LogP contribution in [0.1, 0.15) is 32.0 Å². The molecule has 1 aromatic heterocycles. The lowest BCUT2D eigenvalue weighted by Gasteiger charge is -2.23. The van der Waals surface area contributed by atoms with Gasteiger partial charge in [-0.2, -0.15) is 0 Å². The van der Waals surface area contributed by atoms with Crippen LogP contribution in [0.25, 0.3) is 11.0 Å². The molecular weight excluding hydrogens is 416 g/mol. The molecule has 1 atom stereocenters. The molecule has 1 amide bonds. The van der Waals surface area contributed by atoms with E-state index in [4.69, 9.17) is 5.14 Å². The molecule has 0 aliphatic carbocycles. The Bertz CT molecular complexity index is 1140. The van der Waals surface area contributed by atoms with Crippen LogP contribution in [0.3, 0.4) is 0 Å². The minimum atomic E-state index is -3.83. The van der Waals surface area contributed by atoms with E-state index in [0.29, 0.717) is 30.7 Å². The van der Waals surface area contributed by atoms with E-state index >= 15 is 0 Å². The molecule has 29 heavy (non-hydrogen) atoms. The Morgan fingerprint density at radius 2 is 2.10 bits per heavy atom. The Morgan fingerprint density at radius 1 is 1.38 bits per heavy atom. The van der Waals surface area contributed by atoms with Crippen molar-refractivity contribution >= 4 is 36.8 Å². The molecular formula is C18H26N4O5S2. The van der Waals surface area contributed by atoms with Crippen LogP contribution >= 0.6 is 0 Å². The van der Waals surface area contributed by atoms with E-state index in [1.807, 2.05) is 11.5 Å². The number of nitrogens with zero attached hydrogens (tertiary/aromatic N) is 3. The third-order valence-electron chi connectivity index (χ3n) is 5.29. The summed E-state index contributed by atoms with van der Waals surface area (Å²) in [6.45, 7) is 2.71. The topological polar surface area (TPSA) is 132 Å². The standard InChI is InChI=1S/C18H26N4O5S2/c1-3-9-22-16-5-4-14(29(19,26)27)11-15(16)20-17(22)6-7-18(23)21(2)13-8-10-28(24,25)12-13/h4-5,11,13H,3,6-10,12H2,1-2H3,(H2,19,26,27)/t13-/m1/s1. The summed E-state index contributed by atoms with van der Waals surface area (Å²) in [6, 6.07) is 4.30. The number of hydrogen-bond donors (Lipinski definition) is 1. The molecule has 1 aliphatic heterocycles. The second-order valence-corrected chi connectivity index (χ2v) is 11.2. The molecule has 0 spiro atoms. The third-order valence-corrected chi connectivity index (χ3v) is 7.95. The molecule has 9 nitrogen and oxygen atoms in total. The van der Waals surface area contributed by atoms with E-state index in [2.05, 4.69) is 4.98 Å². The number of sulfone groups is 1. The fourth-order valence-corrected chi connectivity index (χ4v) is 5.99. The van der Waals surface area contributed by atoms with E-state index in [0.717, 1.165) is 11.9 Å². The van der Waals surface area contributed by atoms with Crippen LogP contribution in [-0.4, -0.2) is 61.8 Å². The minimum Gasteiger partial charge on any atom is -0.342 e. The van der Waals surface area contributed by atoms with Crippen molar-refractivity contribution in [2.75, 3.05) is 18.6 Å². The van der Waals surface area contributed by atoms with Gasteiger partial charge in [0.25, 0.3) is 0 Å². The fraction of sp³-hybridized carbons (Fsp3) is 0.556. The smallest absolute Gasteiger partial charge is 0.238 e. The maximum absolute atomic E-state index is 12.6. The van der Waals surface area contributed by atoms with Gasteiger partial charge in [0.05, 0.1) is 27.4 Å². The number of amides is 1. The lowest BCUT2D eigenvalue weighted by Crippen LogP contribution is -2.38. The zero-order chi connectivity index (χ0) is 21.4. The number of fused-ring (bicyclic) bond motifs is 1. The summed E-state index contributed by atoms with van der Waals surface area (Å²) in [4.78, 5) is 18.6. The van der Waals surface area contributed by atoms with E-state index < -0.39 is 19.9 Å². The number of rotatable bonds is 7. The Balaban J connectivity index is 1.80. The molecule has 1 fully saturated rings. The van der Waals surface area contributed by atoms with Crippen LogP contribution in [0.15, 0.2) is 23.1 Å². The van der Waals surface area contributed by atoms with Gasteiger partial charge in [-0.1, -0.05) is 6.92 Å². The number of carbonyl (C=O) groups excluding carboxylic acids is 1. The Labute approximate surface area is 170 Å². The Kier molecular flexibility index (Phi) is 6.02. The van der Waals surface area contributed by atoms with Gasteiger partial charge in [-0.05, 0) is 31.0 Å². The highest BCUT2D eigenvalue weighted by atomic mass is 32.2. The van der Waals surface area contributed by atoms with Crippen molar-refractivity contribution in [1.82, 2.24) is 14.5 Å². The Morgan fingerprint density at radius 3 is 2.69 bits per heavy atom. The zero-order valence-electron chi connectivity index (χ0n) is 16.5. The Hall–Kier alpha value is -1.98. The molecule has 2 heterocycles. The SMILES string of the molecule is CCCn1c(CCC(=O)N(C)[C@@H]2CCS(=O)(=O)C2)nc2cc(S(N)(=O)=O)ccc21. The molecule has 0 unspecified atom stereocenters. The van der Waals surface area contributed by atoms with Gasteiger partial charge in [0.2, 0.25) is 15.9 Å². The number of imidazole rings is 1. The molecule has 0 radical (unpaired) electrons. The maximum atomic E-state index is 12.6. The first-order chi connectivity index (χ1) is 13.5.